The largest absolute Gasteiger partial charge is 0.319 e. The summed E-state index contributed by atoms with van der Waals surface area (Å²) < 4.78 is 30.3. The maximum absolute atomic E-state index is 13.5. The van der Waals surface area contributed by atoms with Crippen molar-refractivity contribution in [1.82, 2.24) is 24.4 Å². The van der Waals surface area contributed by atoms with E-state index < -0.39 is 18.0 Å². The summed E-state index contributed by atoms with van der Waals surface area (Å²) in [6, 6.07) is 1.94. The third kappa shape index (κ3) is 3.73. The van der Waals surface area contributed by atoms with Gasteiger partial charge in [-0.3, -0.25) is 9.48 Å². The molecule has 0 bridgehead atoms. The zero-order valence-electron chi connectivity index (χ0n) is 16.5. The Morgan fingerprint density at radius 2 is 2.00 bits per heavy atom. The number of nitrogens with zero attached hydrogens (tertiary/aromatic N) is 5. The highest BCUT2D eigenvalue weighted by Gasteiger charge is 2.25. The molecule has 1 aliphatic rings. The number of alkyl halides is 2. The zero-order valence-corrected chi connectivity index (χ0v) is 16.5. The Bertz CT molecular complexity index is 1020. The molecule has 7 nitrogen and oxygen atoms in total. The smallest absolute Gasteiger partial charge is 0.284 e. The molecular weight excluding hydrogens is 378 g/mol. The first kappa shape index (κ1) is 19.5. The van der Waals surface area contributed by atoms with E-state index in [0.29, 0.717) is 5.65 Å². The van der Waals surface area contributed by atoms with Gasteiger partial charge in [-0.05, 0) is 24.8 Å². The fraction of sp³-hybridized carbons (Fsp3) is 0.500. The first-order chi connectivity index (χ1) is 14.0. The molecule has 154 valence electrons. The van der Waals surface area contributed by atoms with Crippen molar-refractivity contribution in [3.05, 3.63) is 41.6 Å². The number of aromatic nitrogens is 5. The molecule has 3 heterocycles. The predicted octanol–water partition coefficient (Wildman–Crippen LogP) is 4.74. The SMILES string of the molecule is CC(C)c1ccnc2c(C(=O)Nc3cn(C4CCCCC4)nc3C(F)F)cnn12. The summed E-state index contributed by atoms with van der Waals surface area (Å²) in [5.41, 5.74) is 1.17. The summed E-state index contributed by atoms with van der Waals surface area (Å²) in [5.74, 6) is -0.339. The molecule has 29 heavy (non-hydrogen) atoms. The Morgan fingerprint density at radius 3 is 2.69 bits per heavy atom. The summed E-state index contributed by atoms with van der Waals surface area (Å²) in [6.45, 7) is 4.04. The van der Waals surface area contributed by atoms with E-state index in [1.54, 1.807) is 15.4 Å². The van der Waals surface area contributed by atoms with E-state index in [9.17, 15) is 13.6 Å². The minimum Gasteiger partial charge on any atom is -0.319 e. The molecule has 1 fully saturated rings. The average Bonchev–Trinajstić information content (AvgIpc) is 3.32. The average molecular weight is 402 g/mol. The van der Waals surface area contributed by atoms with Gasteiger partial charge in [-0.25, -0.2) is 18.3 Å². The maximum atomic E-state index is 13.5. The molecule has 0 atom stereocenters. The lowest BCUT2D eigenvalue weighted by Gasteiger charge is -2.21. The molecule has 0 radical (unpaired) electrons. The lowest BCUT2D eigenvalue weighted by atomic mass is 9.96. The first-order valence-corrected chi connectivity index (χ1v) is 9.97. The molecule has 0 saturated heterocycles. The Kier molecular flexibility index (Phi) is 5.29. The number of hydrogen-bond donors (Lipinski definition) is 1. The van der Waals surface area contributed by atoms with Crippen LogP contribution >= 0.6 is 0 Å². The predicted molar refractivity (Wildman–Crippen MR) is 104 cm³/mol. The lowest BCUT2D eigenvalue weighted by molar-refractivity contribution is 0.102. The highest BCUT2D eigenvalue weighted by molar-refractivity contribution is 6.08. The molecule has 1 aliphatic carbocycles. The minimum absolute atomic E-state index is 0.0370. The van der Waals surface area contributed by atoms with Crippen molar-refractivity contribution in [1.29, 1.82) is 0 Å². The van der Waals surface area contributed by atoms with Crippen LogP contribution in [0.1, 0.15) is 86.1 Å². The van der Waals surface area contributed by atoms with Crippen LogP contribution in [0.5, 0.6) is 0 Å². The standard InChI is InChI=1S/C20H24F2N6O/c1-12(2)16-8-9-23-19-14(10-24-28(16)19)20(29)25-15-11-27(26-17(15)18(21)22)13-6-4-3-5-7-13/h8-13,18H,3-7H2,1-2H3,(H,25,29). The fourth-order valence-electron chi connectivity index (χ4n) is 3.89. The van der Waals surface area contributed by atoms with Gasteiger partial charge >= 0.3 is 0 Å². The van der Waals surface area contributed by atoms with E-state index in [1.807, 2.05) is 19.9 Å². The minimum atomic E-state index is -2.77. The van der Waals surface area contributed by atoms with Crippen molar-refractivity contribution >= 4 is 17.2 Å². The van der Waals surface area contributed by atoms with Gasteiger partial charge < -0.3 is 5.32 Å². The van der Waals surface area contributed by atoms with Gasteiger partial charge in [0.15, 0.2) is 11.3 Å². The Balaban J connectivity index is 1.64. The maximum Gasteiger partial charge on any atom is 0.284 e. The summed E-state index contributed by atoms with van der Waals surface area (Å²) in [6.07, 6.45) is 6.87. The van der Waals surface area contributed by atoms with E-state index >= 15 is 0 Å². The second kappa shape index (κ2) is 7.88. The molecular formula is C20H24F2N6O. The van der Waals surface area contributed by atoms with E-state index in [0.717, 1.165) is 37.8 Å². The van der Waals surface area contributed by atoms with Crippen LogP contribution in [-0.4, -0.2) is 30.3 Å². The van der Waals surface area contributed by atoms with Crippen LogP contribution in [0.3, 0.4) is 0 Å². The summed E-state index contributed by atoms with van der Waals surface area (Å²) in [7, 11) is 0. The number of anilines is 1. The van der Waals surface area contributed by atoms with Crippen LogP contribution < -0.4 is 5.32 Å². The number of nitrogens with one attached hydrogen (secondary N) is 1. The second-order valence-electron chi connectivity index (χ2n) is 7.77. The van der Waals surface area contributed by atoms with Gasteiger partial charge in [0.25, 0.3) is 12.3 Å². The summed E-state index contributed by atoms with van der Waals surface area (Å²) >= 11 is 0. The van der Waals surface area contributed by atoms with Gasteiger partial charge in [0.2, 0.25) is 0 Å². The van der Waals surface area contributed by atoms with Crippen LogP contribution in [0.15, 0.2) is 24.7 Å². The molecule has 1 amide bonds. The monoisotopic (exact) mass is 402 g/mol. The highest BCUT2D eigenvalue weighted by Crippen LogP contribution is 2.32. The van der Waals surface area contributed by atoms with Crippen molar-refractivity contribution < 1.29 is 13.6 Å². The number of rotatable bonds is 5. The normalized spacial score (nSPS) is 15.5. The Hall–Kier alpha value is -2.84. The number of hydrogen-bond acceptors (Lipinski definition) is 4. The molecule has 0 aliphatic heterocycles. The fourth-order valence-corrected chi connectivity index (χ4v) is 3.89. The molecule has 0 spiro atoms. The Labute approximate surface area is 167 Å². The van der Waals surface area contributed by atoms with Crippen LogP contribution in [0, 0.1) is 0 Å². The van der Waals surface area contributed by atoms with Gasteiger partial charge in [-0.1, -0.05) is 33.1 Å². The van der Waals surface area contributed by atoms with Gasteiger partial charge in [0.1, 0.15) is 5.56 Å². The van der Waals surface area contributed by atoms with Crippen molar-refractivity contribution in [2.24, 2.45) is 0 Å². The van der Waals surface area contributed by atoms with E-state index in [2.05, 4.69) is 20.5 Å². The number of carbonyl (C=O) groups is 1. The van der Waals surface area contributed by atoms with Crippen molar-refractivity contribution in [3.63, 3.8) is 0 Å². The van der Waals surface area contributed by atoms with Gasteiger partial charge in [0.05, 0.1) is 17.9 Å². The zero-order chi connectivity index (χ0) is 20.5. The topological polar surface area (TPSA) is 77.1 Å². The second-order valence-corrected chi connectivity index (χ2v) is 7.77. The van der Waals surface area contributed by atoms with Crippen molar-refractivity contribution in [2.75, 3.05) is 5.32 Å². The number of amides is 1. The molecule has 3 aromatic rings. The van der Waals surface area contributed by atoms with Crippen molar-refractivity contribution in [3.8, 4) is 0 Å². The van der Waals surface area contributed by atoms with E-state index in [1.165, 1.54) is 12.4 Å². The third-order valence-electron chi connectivity index (χ3n) is 5.43. The van der Waals surface area contributed by atoms with Gasteiger partial charge in [-0.2, -0.15) is 10.2 Å². The molecule has 0 aromatic carbocycles. The first-order valence-electron chi connectivity index (χ1n) is 9.97. The molecule has 9 heteroatoms. The molecule has 0 unspecified atom stereocenters. The number of fused-ring (bicyclic) bond motifs is 1. The molecule has 4 rings (SSSR count). The van der Waals surface area contributed by atoms with Gasteiger partial charge in [-0.15, -0.1) is 0 Å². The number of carbonyl (C=O) groups excluding carboxylic acids is 1. The number of halogens is 2. The third-order valence-corrected chi connectivity index (χ3v) is 5.43. The van der Waals surface area contributed by atoms with Crippen LogP contribution in [0.2, 0.25) is 0 Å². The van der Waals surface area contributed by atoms with Crippen LogP contribution in [0.4, 0.5) is 14.5 Å². The molecule has 1 saturated carbocycles. The summed E-state index contributed by atoms with van der Waals surface area (Å²) in [5, 5.41) is 10.9. The van der Waals surface area contributed by atoms with E-state index in [-0.39, 0.29) is 23.2 Å². The van der Waals surface area contributed by atoms with Crippen LogP contribution in [-0.2, 0) is 0 Å². The molecule has 1 N–H and O–H groups in total. The van der Waals surface area contributed by atoms with Gasteiger partial charge in [0, 0.05) is 18.1 Å². The summed E-state index contributed by atoms with van der Waals surface area (Å²) in [4.78, 5) is 17.1. The lowest BCUT2D eigenvalue weighted by Crippen LogP contribution is -2.14. The van der Waals surface area contributed by atoms with E-state index in [4.69, 9.17) is 0 Å². The van der Waals surface area contributed by atoms with Crippen molar-refractivity contribution in [2.45, 2.75) is 64.3 Å². The highest BCUT2D eigenvalue weighted by atomic mass is 19.3. The quantitative estimate of drug-likeness (QED) is 0.668. The molecule has 3 aromatic heterocycles. The Morgan fingerprint density at radius 1 is 1.24 bits per heavy atom. The van der Waals surface area contributed by atoms with Crippen LogP contribution in [0.25, 0.3) is 5.65 Å².